The number of sulfone groups is 1. The third-order valence-corrected chi connectivity index (χ3v) is 20.9. The summed E-state index contributed by atoms with van der Waals surface area (Å²) in [7, 11) is -8.90. The molecule has 0 saturated heterocycles. The Morgan fingerprint density at radius 3 is 2.07 bits per heavy atom. The van der Waals surface area contributed by atoms with Crippen LogP contribution in [-0.2, 0) is 109 Å². The van der Waals surface area contributed by atoms with Gasteiger partial charge in [-0.1, -0.05) is 37.4 Å². The molecule has 6 aromatic rings. The lowest BCUT2D eigenvalue weighted by molar-refractivity contribution is -0.147. The minimum Gasteiger partial charge on any atom is -0.755 e. The molecule has 1 unspecified atom stereocenters. The van der Waals surface area contributed by atoms with E-state index in [1.54, 1.807) is 0 Å². The van der Waals surface area contributed by atoms with Crippen LogP contribution in [0, 0.1) is 29.4 Å². The molecule has 25 nitrogen and oxygen atoms in total. The van der Waals surface area contributed by atoms with Gasteiger partial charge in [-0.2, -0.15) is 45.3 Å². The molecule has 0 spiro atoms. The van der Waals surface area contributed by atoms with Crippen LogP contribution in [0.2, 0.25) is 5.02 Å². The molecule has 3 heterocycles. The fourth-order valence-corrected chi connectivity index (χ4v) is 14.2. The van der Waals surface area contributed by atoms with E-state index in [1.807, 2.05) is 5.32 Å². The van der Waals surface area contributed by atoms with E-state index in [1.165, 1.54) is 55.4 Å². The van der Waals surface area contributed by atoms with E-state index in [4.69, 9.17) is 30.9 Å². The number of alkyl halides is 8. The first kappa shape index (κ1) is 79.2. The number of amides is 4. The normalized spacial score (nSPS) is 16.2. The summed E-state index contributed by atoms with van der Waals surface area (Å²) >= 11 is 3.09. The predicted molar refractivity (Wildman–Crippen MR) is 341 cm³/mol. The average Bonchev–Trinajstić information content (AvgIpc) is 1.51. The van der Waals surface area contributed by atoms with Gasteiger partial charge in [-0.05, 0) is 120 Å². The number of nitrogens with one attached hydrogen (secondary N) is 2. The highest BCUT2D eigenvalue weighted by Crippen LogP contribution is 2.68. The van der Waals surface area contributed by atoms with Gasteiger partial charge in [0.2, 0.25) is 23.6 Å². The Hall–Kier alpha value is -8.53. The van der Waals surface area contributed by atoms with Gasteiger partial charge < -0.3 is 35.7 Å². The largest absolute Gasteiger partial charge is 0.755 e. The van der Waals surface area contributed by atoms with E-state index in [0.29, 0.717) is 6.07 Å². The molecule has 1 saturated carbocycles. The number of aromatic nitrogens is 5. The van der Waals surface area contributed by atoms with Crippen molar-refractivity contribution < 1.29 is 118 Å². The molecule has 0 radical (unpaired) electrons. The van der Waals surface area contributed by atoms with Gasteiger partial charge in [-0.25, -0.2) is 31.5 Å². The number of aliphatic carboxylic acids is 2. The lowest BCUT2D eigenvalue weighted by atomic mass is 9.77. The second kappa shape index (κ2) is 29.3. The Morgan fingerprint density at radius 2 is 1.52 bits per heavy atom. The summed E-state index contributed by atoms with van der Waals surface area (Å²) < 4.78 is 233. The molecule has 552 valence electrons. The van der Waals surface area contributed by atoms with E-state index in [9.17, 15) is 73.9 Å². The zero-order valence-corrected chi connectivity index (χ0v) is 58.4. The molecule has 39 heteroatoms. The quantitative estimate of drug-likeness (QED) is 0.0132. The van der Waals surface area contributed by atoms with Gasteiger partial charge in [0.15, 0.2) is 15.5 Å². The van der Waals surface area contributed by atoms with Crippen LogP contribution < -0.4 is 20.9 Å². The average molecular weight is 1520 g/mol. The first-order valence-electron chi connectivity index (χ1n) is 30.5. The van der Waals surface area contributed by atoms with E-state index >= 15 is 30.7 Å². The second-order valence-electron chi connectivity index (χ2n) is 25.8. The molecule has 3 aromatic heterocycles. The topological polar surface area (TPSA) is 364 Å². The molecule has 4 amide bonds. The van der Waals surface area contributed by atoms with Gasteiger partial charge in [0.05, 0.1) is 70.8 Å². The van der Waals surface area contributed by atoms with E-state index in [-0.39, 0.29) is 48.0 Å². The van der Waals surface area contributed by atoms with Crippen molar-refractivity contribution >= 4 is 87.0 Å². The van der Waals surface area contributed by atoms with E-state index in [2.05, 4.69) is 32.3 Å². The molecule has 5 atom stereocenters. The summed E-state index contributed by atoms with van der Waals surface area (Å²) in [6, 6.07) is 4.22. The number of hydrogen-bond donors (Lipinski definition) is 5. The van der Waals surface area contributed by atoms with Crippen LogP contribution in [0.15, 0.2) is 54.6 Å². The third-order valence-electron chi connectivity index (χ3n) is 16.1. The number of carboxylic acid groups (broad SMARTS) is 2. The van der Waals surface area contributed by atoms with Crippen molar-refractivity contribution in [3.63, 3.8) is 0 Å². The lowest BCUT2D eigenvalue weighted by Crippen LogP contribution is -2.43. The predicted octanol–water partition coefficient (Wildman–Crippen LogP) is 9.80. The Bertz CT molecular complexity index is 4620. The maximum Gasteiger partial charge on any atom is 0.530 e. The molecular formula is C63H64ClF10N9O16PS2-. The lowest BCUT2D eigenvalue weighted by Gasteiger charge is -2.33. The number of carboxylic acids is 2. The minimum absolute atomic E-state index is 0.0703. The van der Waals surface area contributed by atoms with Crippen LogP contribution in [0.1, 0.15) is 148 Å². The Morgan fingerprint density at radius 1 is 0.902 bits per heavy atom. The Balaban J connectivity index is 1.30. The highest BCUT2D eigenvalue weighted by molar-refractivity contribution is 7.92. The fourth-order valence-electron chi connectivity index (χ4n) is 11.7. The molecule has 2 aliphatic carbocycles. The summed E-state index contributed by atoms with van der Waals surface area (Å²) in [5.41, 5.74) is -4.67. The number of primary amides is 1. The monoisotopic (exact) mass is 1520 g/mol. The van der Waals surface area contributed by atoms with Crippen molar-refractivity contribution in [2.24, 2.45) is 11.7 Å². The Labute approximate surface area is 582 Å². The van der Waals surface area contributed by atoms with E-state index in [0.717, 1.165) is 54.8 Å². The van der Waals surface area contributed by atoms with Crippen molar-refractivity contribution in [1.82, 2.24) is 39.5 Å². The minimum atomic E-state index is -5.29. The molecular weight excluding hydrogens is 1460 g/mol. The van der Waals surface area contributed by atoms with Crippen molar-refractivity contribution in [2.45, 2.75) is 166 Å². The number of phosphoric acid groups is 1. The number of rotatable bonds is 28. The molecule has 0 bridgehead atoms. The summed E-state index contributed by atoms with van der Waals surface area (Å²) in [4.78, 5) is 84.3. The maximum absolute atomic E-state index is 15.8. The number of nitrogens with zero attached hydrogens (tertiary/aromatic N) is 6. The number of halogens is 11. The van der Waals surface area contributed by atoms with Crippen molar-refractivity contribution in [3.8, 4) is 28.7 Å². The zero-order valence-electron chi connectivity index (χ0n) is 55.1. The number of fused-ring (bicyclic) bond motifs is 4. The summed E-state index contributed by atoms with van der Waals surface area (Å²) in [6.07, 6.45) is -15.9. The first-order chi connectivity index (χ1) is 46.9. The van der Waals surface area contributed by atoms with E-state index < -0.39 is 247 Å². The molecule has 2 aliphatic rings. The highest BCUT2D eigenvalue weighted by atomic mass is 35.5. The maximum atomic E-state index is 15.8. The van der Waals surface area contributed by atoms with Gasteiger partial charge in [-0.3, -0.25) is 50.9 Å². The van der Waals surface area contributed by atoms with Gasteiger partial charge in [0, 0.05) is 63.3 Å². The van der Waals surface area contributed by atoms with Crippen molar-refractivity contribution in [2.75, 3.05) is 6.26 Å². The summed E-state index contributed by atoms with van der Waals surface area (Å²) in [5, 5.41) is 30.1. The summed E-state index contributed by atoms with van der Waals surface area (Å²) in [5.74, 6) is -13.5. The zero-order chi connectivity index (χ0) is 76.2. The van der Waals surface area contributed by atoms with Crippen LogP contribution in [0.5, 0.6) is 5.75 Å². The number of nitrogens with two attached hydrogens (primary N) is 1. The summed E-state index contributed by atoms with van der Waals surface area (Å²) in [6.45, 7) is 5.80. The van der Waals surface area contributed by atoms with Gasteiger partial charge in [0.1, 0.15) is 52.7 Å². The molecule has 3 aromatic carbocycles. The van der Waals surface area contributed by atoms with Gasteiger partial charge >= 0.3 is 32.1 Å². The number of carbonyl (C=O) groups is 6. The molecule has 0 aliphatic heterocycles. The number of carbonyl (C=O) groups excluding carboxylic acids is 4. The number of phosphoric ester groups is 1. The number of benzene rings is 3. The molecule has 102 heavy (non-hydrogen) atoms. The first-order valence-corrected chi connectivity index (χ1v) is 35.2. The van der Waals surface area contributed by atoms with Crippen molar-refractivity contribution in [3.05, 3.63) is 128 Å². The second-order valence-corrected chi connectivity index (χ2v) is 31.1. The molecule has 8 rings (SSSR count). The van der Waals surface area contributed by atoms with Crippen LogP contribution >= 0.6 is 19.4 Å². The smallest absolute Gasteiger partial charge is 0.530 e. The number of pyridine rings is 1. The van der Waals surface area contributed by atoms with Crippen LogP contribution in [0.3, 0.4) is 0 Å². The van der Waals surface area contributed by atoms with Gasteiger partial charge in [-0.15, -0.1) is 0 Å². The SMILES string of the molecule is CC(C)OP(=O)(Oc1cc(C(N)=O)cc(CC(=O)N[C@@H](CC(=O)O)C(=O)O)c1C(C)(C)CC(=O)N(Cc1nn(CC(F)(F)F)c2c(-c3ccc(C#CC(C)(C)S(C)(=O)=O)nc3[C@H](Cc3cc(F)cc(F)c3)NC(=O)Cn3nc(C(F)(F)F)c4c3C(F)(F)[C@@H]3C[C@H]43)ccc(Cl)c12)S(=O)[O-])OC(C)C. The standard InChI is InChI=1S/C63H65ClF10N9O16PS2/c1-29(2)97-100(92,98-30(3)4)99-45-20-33(57(75)89)19-32(21-46(84)78-43(58(90)91)24-49(87)88)52(45)59(5,6)25-48(86)83(101(93)94)26-44-51-41(64)13-12-38(54(51)82(79-44)28-61(67,68)69)37-11-10-36(14-15-60(7,8)102(9,95)96)76-53(37)42(18-31-16-34(65)22-35(66)17-31)77-47(85)27-81-56-50(55(80-81)63(72,73)74)39-23-40(39)62(56,70)71/h10-13,16-17,19-20,22,29-30,39-40,42-43H,18,21,23-28H2,1-9H3,(H2,75,89)(H,77,85)(H,78,84)(H,87,88)(H,90,91)(H,93,94)/p-1/t39-,40+,42-,43-/m0/s1. The van der Waals surface area contributed by atoms with Crippen LogP contribution in [0.25, 0.3) is 22.0 Å². The fraction of sp³-hybridized carbons (Fsp3) is 0.444. The highest BCUT2D eigenvalue weighted by Gasteiger charge is 2.68. The molecule has 6 N–H and O–H groups in total. The van der Waals surface area contributed by atoms with Gasteiger partial charge in [0.25, 0.3) is 5.92 Å². The molecule has 1 fully saturated rings. The Kier molecular flexibility index (Phi) is 22.8. The number of hydrogen-bond acceptors (Lipinski definition) is 17. The van der Waals surface area contributed by atoms with Crippen molar-refractivity contribution in [1.29, 1.82) is 0 Å². The van der Waals surface area contributed by atoms with Crippen LogP contribution in [0.4, 0.5) is 43.9 Å². The van der Waals surface area contributed by atoms with Crippen LogP contribution in [-0.4, -0.2) is 127 Å². The third kappa shape index (κ3) is 18.1.